The van der Waals surface area contributed by atoms with E-state index in [1.165, 1.54) is 12.1 Å². The second-order valence-corrected chi connectivity index (χ2v) is 7.05. The molecular weight excluding hydrogens is 405 g/mol. The molecule has 3 rings (SSSR count). The van der Waals surface area contributed by atoms with Crippen molar-refractivity contribution in [2.75, 3.05) is 0 Å². The van der Waals surface area contributed by atoms with E-state index in [2.05, 4.69) is 22.0 Å². The fourth-order valence-corrected chi connectivity index (χ4v) is 3.00. The molecule has 0 spiro atoms. The van der Waals surface area contributed by atoms with Gasteiger partial charge in [0.2, 0.25) is 0 Å². The highest BCUT2D eigenvalue weighted by molar-refractivity contribution is 9.10. The van der Waals surface area contributed by atoms with Crippen LogP contribution in [-0.4, -0.2) is 0 Å². The average Bonchev–Trinajstić information content (AvgIpc) is 2.66. The number of nitriles is 1. The number of halogens is 2. The van der Waals surface area contributed by atoms with Gasteiger partial charge in [-0.15, -0.1) is 0 Å². The Bertz CT molecular complexity index is 1020. The van der Waals surface area contributed by atoms with Gasteiger partial charge in [-0.2, -0.15) is 5.26 Å². The molecule has 0 fully saturated rings. The van der Waals surface area contributed by atoms with Gasteiger partial charge in [0.25, 0.3) is 0 Å². The molecule has 0 aliphatic carbocycles. The summed E-state index contributed by atoms with van der Waals surface area (Å²) in [7, 11) is 0. The summed E-state index contributed by atoms with van der Waals surface area (Å²) in [5, 5.41) is 9.60. The molecule has 4 heteroatoms. The Hall–Kier alpha value is -2.90. The lowest BCUT2D eigenvalue weighted by Crippen LogP contribution is -1.98. The molecule has 3 aromatic carbocycles. The Kier molecular flexibility index (Phi) is 6.05. The summed E-state index contributed by atoms with van der Waals surface area (Å²) in [6.45, 7) is 2.25. The van der Waals surface area contributed by atoms with Crippen LogP contribution < -0.4 is 4.74 Å². The third kappa shape index (κ3) is 5.06. The first kappa shape index (κ1) is 18.9. The third-order valence-corrected chi connectivity index (χ3v) is 4.53. The van der Waals surface area contributed by atoms with Gasteiger partial charge < -0.3 is 4.74 Å². The maximum absolute atomic E-state index is 13.4. The van der Waals surface area contributed by atoms with Crippen LogP contribution >= 0.6 is 15.9 Å². The van der Waals surface area contributed by atoms with Gasteiger partial charge in [0.1, 0.15) is 18.2 Å². The molecule has 134 valence electrons. The molecule has 0 saturated carbocycles. The molecule has 0 heterocycles. The van der Waals surface area contributed by atoms with Crippen LogP contribution in [-0.2, 0) is 6.61 Å². The molecule has 0 unspecified atom stereocenters. The lowest BCUT2D eigenvalue weighted by molar-refractivity contribution is 0.305. The van der Waals surface area contributed by atoms with Crippen LogP contribution in [0.1, 0.15) is 22.3 Å². The molecule has 0 amide bonds. The largest absolute Gasteiger partial charge is 0.488 e. The molecular formula is C23H17BrFNO. The van der Waals surface area contributed by atoms with Crippen molar-refractivity contribution in [2.24, 2.45) is 0 Å². The smallest absolute Gasteiger partial charge is 0.127 e. The average molecular weight is 422 g/mol. The van der Waals surface area contributed by atoms with Crippen LogP contribution in [0.5, 0.6) is 5.75 Å². The van der Waals surface area contributed by atoms with Crippen LogP contribution in [0.3, 0.4) is 0 Å². The molecule has 0 aromatic heterocycles. The molecule has 0 N–H and O–H groups in total. The Morgan fingerprint density at radius 3 is 2.59 bits per heavy atom. The maximum atomic E-state index is 13.4. The highest BCUT2D eigenvalue weighted by Crippen LogP contribution is 2.28. The summed E-state index contributed by atoms with van der Waals surface area (Å²) in [6.07, 6.45) is 1.80. The van der Waals surface area contributed by atoms with E-state index in [0.29, 0.717) is 11.3 Å². The van der Waals surface area contributed by atoms with E-state index in [4.69, 9.17) is 4.74 Å². The zero-order chi connectivity index (χ0) is 19.2. The standard InChI is InChI=1S/C23H17BrFNO/c1-16-5-7-18(8-6-16)20(14-26)12-19-13-21(24)9-10-23(19)27-15-17-3-2-4-22(25)11-17/h2-13H,15H2,1H3/b20-12-. The second-order valence-electron chi connectivity index (χ2n) is 6.14. The number of rotatable bonds is 5. The number of hydrogen-bond acceptors (Lipinski definition) is 2. The number of benzene rings is 3. The van der Waals surface area contributed by atoms with E-state index in [1.54, 1.807) is 12.1 Å². The van der Waals surface area contributed by atoms with Crippen molar-refractivity contribution in [3.05, 3.63) is 99.3 Å². The molecule has 0 bridgehead atoms. The van der Waals surface area contributed by atoms with Crippen molar-refractivity contribution >= 4 is 27.6 Å². The summed E-state index contributed by atoms with van der Waals surface area (Å²) in [6, 6.07) is 22.0. The van der Waals surface area contributed by atoms with Crippen LogP contribution in [0.4, 0.5) is 4.39 Å². The van der Waals surface area contributed by atoms with Crippen LogP contribution in [0.25, 0.3) is 11.6 Å². The van der Waals surface area contributed by atoms with Gasteiger partial charge in [0.15, 0.2) is 0 Å². The molecule has 0 atom stereocenters. The number of ether oxygens (including phenoxy) is 1. The Balaban J connectivity index is 1.91. The first-order valence-corrected chi connectivity index (χ1v) is 9.20. The van der Waals surface area contributed by atoms with Gasteiger partial charge in [-0.1, -0.05) is 57.9 Å². The van der Waals surface area contributed by atoms with E-state index < -0.39 is 0 Å². The van der Waals surface area contributed by atoms with E-state index >= 15 is 0 Å². The fourth-order valence-electron chi connectivity index (χ4n) is 2.62. The predicted molar refractivity (Wildman–Crippen MR) is 110 cm³/mol. The topological polar surface area (TPSA) is 33.0 Å². The zero-order valence-corrected chi connectivity index (χ0v) is 16.3. The first-order valence-electron chi connectivity index (χ1n) is 8.41. The Morgan fingerprint density at radius 1 is 1.11 bits per heavy atom. The van der Waals surface area contributed by atoms with Crippen molar-refractivity contribution in [3.8, 4) is 11.8 Å². The lowest BCUT2D eigenvalue weighted by Gasteiger charge is -2.11. The molecule has 0 saturated heterocycles. The monoisotopic (exact) mass is 421 g/mol. The van der Waals surface area contributed by atoms with E-state index in [-0.39, 0.29) is 12.4 Å². The first-order chi connectivity index (χ1) is 13.0. The Labute approximate surface area is 166 Å². The van der Waals surface area contributed by atoms with Crippen molar-refractivity contribution in [1.82, 2.24) is 0 Å². The lowest BCUT2D eigenvalue weighted by atomic mass is 10.0. The van der Waals surface area contributed by atoms with E-state index in [0.717, 1.165) is 26.7 Å². The van der Waals surface area contributed by atoms with Gasteiger partial charge in [-0.3, -0.25) is 0 Å². The molecule has 3 aromatic rings. The number of allylic oxidation sites excluding steroid dienone is 1. The number of nitrogens with zero attached hydrogens (tertiary/aromatic N) is 1. The minimum Gasteiger partial charge on any atom is -0.488 e. The van der Waals surface area contributed by atoms with Gasteiger partial charge >= 0.3 is 0 Å². The minimum absolute atomic E-state index is 0.243. The SMILES string of the molecule is Cc1ccc(/C(C#N)=C\c2cc(Br)ccc2OCc2cccc(F)c2)cc1. The minimum atomic E-state index is -0.293. The van der Waals surface area contributed by atoms with Crippen LogP contribution in [0, 0.1) is 24.1 Å². The maximum Gasteiger partial charge on any atom is 0.127 e. The summed E-state index contributed by atoms with van der Waals surface area (Å²) in [5.74, 6) is 0.334. The van der Waals surface area contributed by atoms with Crippen molar-refractivity contribution in [2.45, 2.75) is 13.5 Å². The van der Waals surface area contributed by atoms with Gasteiger partial charge in [0.05, 0.1) is 11.6 Å². The summed E-state index contributed by atoms with van der Waals surface area (Å²) >= 11 is 3.46. The summed E-state index contributed by atoms with van der Waals surface area (Å²) in [4.78, 5) is 0. The molecule has 0 aliphatic heterocycles. The highest BCUT2D eigenvalue weighted by atomic mass is 79.9. The zero-order valence-electron chi connectivity index (χ0n) is 14.7. The molecule has 2 nitrogen and oxygen atoms in total. The quantitative estimate of drug-likeness (QED) is 0.346. The molecule has 0 radical (unpaired) electrons. The van der Waals surface area contributed by atoms with Crippen molar-refractivity contribution in [3.63, 3.8) is 0 Å². The summed E-state index contributed by atoms with van der Waals surface area (Å²) < 4.78 is 20.1. The van der Waals surface area contributed by atoms with Crippen molar-refractivity contribution < 1.29 is 9.13 Å². The van der Waals surface area contributed by atoms with Crippen LogP contribution in [0.15, 0.2) is 71.2 Å². The summed E-state index contributed by atoms with van der Waals surface area (Å²) in [5.41, 5.74) is 4.05. The normalized spacial score (nSPS) is 11.1. The Morgan fingerprint density at radius 2 is 1.89 bits per heavy atom. The number of hydrogen-bond donors (Lipinski definition) is 0. The third-order valence-electron chi connectivity index (χ3n) is 4.04. The van der Waals surface area contributed by atoms with Crippen molar-refractivity contribution in [1.29, 1.82) is 5.26 Å². The van der Waals surface area contributed by atoms with Crippen LogP contribution in [0.2, 0.25) is 0 Å². The molecule has 27 heavy (non-hydrogen) atoms. The predicted octanol–water partition coefficient (Wildman–Crippen LogP) is 6.54. The number of aryl methyl sites for hydroxylation is 1. The van der Waals surface area contributed by atoms with Gasteiger partial charge in [0, 0.05) is 10.0 Å². The molecule has 0 aliphatic rings. The van der Waals surface area contributed by atoms with E-state index in [1.807, 2.05) is 55.5 Å². The van der Waals surface area contributed by atoms with Gasteiger partial charge in [-0.25, -0.2) is 4.39 Å². The fraction of sp³-hybridized carbons (Fsp3) is 0.0870. The second kappa shape index (κ2) is 8.66. The van der Waals surface area contributed by atoms with Gasteiger partial charge in [-0.05, 0) is 54.5 Å². The highest BCUT2D eigenvalue weighted by Gasteiger charge is 2.07. The van der Waals surface area contributed by atoms with E-state index in [9.17, 15) is 9.65 Å².